The Labute approximate surface area is 197 Å². The lowest BCUT2D eigenvalue weighted by Crippen LogP contribution is -2.49. The Hall–Kier alpha value is -2.68. The van der Waals surface area contributed by atoms with Crippen LogP contribution >= 0.6 is 11.3 Å². The maximum absolute atomic E-state index is 13.0. The highest BCUT2D eigenvalue weighted by Gasteiger charge is 2.33. The van der Waals surface area contributed by atoms with Gasteiger partial charge in [0, 0.05) is 42.4 Å². The predicted molar refractivity (Wildman–Crippen MR) is 132 cm³/mol. The molecule has 7 nitrogen and oxygen atoms in total. The molecule has 7 rings (SSSR count). The third-order valence-corrected chi connectivity index (χ3v) is 8.26. The standard InChI is InChI=1S/C25H29N5O2S/c1-14-2-7-21-22(26)23(33-25(21)28-14)24(31)29-17-5-3-16-9-18(6-4-15(16)8-17)30-12-20-11-27-10-19(30)13-32-20/h2,4,6-7,9,17,19-20,27H,3,5,8,10-13,26H2,1H3,(H,29,31)/t17-,19?,20?/m1/s1. The zero-order valence-corrected chi connectivity index (χ0v) is 19.6. The second-order valence-corrected chi connectivity index (χ2v) is 10.4. The fraction of sp³-hybridized carbons (Fsp3) is 0.440. The molecule has 4 aliphatic rings. The number of anilines is 2. The summed E-state index contributed by atoms with van der Waals surface area (Å²) in [6, 6.07) is 11.2. The number of ether oxygens (including phenoxy) is 1. The highest BCUT2D eigenvalue weighted by Crippen LogP contribution is 2.33. The monoisotopic (exact) mass is 463 g/mol. The van der Waals surface area contributed by atoms with Gasteiger partial charge in [-0.25, -0.2) is 4.98 Å². The number of amides is 1. The second kappa shape index (κ2) is 8.27. The van der Waals surface area contributed by atoms with E-state index < -0.39 is 0 Å². The van der Waals surface area contributed by atoms with Gasteiger partial charge in [-0.05, 0) is 61.6 Å². The number of morpholine rings is 1. The van der Waals surface area contributed by atoms with Crippen LogP contribution < -0.4 is 21.3 Å². The van der Waals surface area contributed by atoms with Crippen molar-refractivity contribution in [3.63, 3.8) is 0 Å². The smallest absolute Gasteiger partial charge is 0.263 e. The van der Waals surface area contributed by atoms with Crippen molar-refractivity contribution in [1.82, 2.24) is 15.6 Å². The predicted octanol–water partition coefficient (Wildman–Crippen LogP) is 2.65. The van der Waals surface area contributed by atoms with Gasteiger partial charge < -0.3 is 26.0 Å². The van der Waals surface area contributed by atoms with E-state index >= 15 is 0 Å². The highest BCUT2D eigenvalue weighted by atomic mass is 32.1. The van der Waals surface area contributed by atoms with Gasteiger partial charge in [0.15, 0.2) is 0 Å². The first-order chi connectivity index (χ1) is 16.0. The lowest BCUT2D eigenvalue weighted by molar-refractivity contribution is 0.0391. The summed E-state index contributed by atoms with van der Waals surface area (Å²) >= 11 is 1.38. The zero-order valence-electron chi connectivity index (χ0n) is 18.8. The summed E-state index contributed by atoms with van der Waals surface area (Å²) in [5.41, 5.74) is 11.8. The summed E-state index contributed by atoms with van der Waals surface area (Å²) in [6.07, 6.45) is 3.01. The van der Waals surface area contributed by atoms with Crippen LogP contribution in [-0.4, -0.2) is 55.3 Å². The lowest BCUT2D eigenvalue weighted by atomic mass is 9.87. The molecule has 1 amide bonds. The van der Waals surface area contributed by atoms with Gasteiger partial charge in [-0.2, -0.15) is 0 Å². The first-order valence-corrected chi connectivity index (χ1v) is 12.5. The van der Waals surface area contributed by atoms with Crippen LogP contribution in [0.25, 0.3) is 10.2 Å². The number of rotatable bonds is 3. The molecule has 0 spiro atoms. The molecule has 8 heteroatoms. The molecule has 3 aromatic rings. The fourth-order valence-electron chi connectivity index (χ4n) is 5.33. The largest absolute Gasteiger partial charge is 0.397 e. The van der Waals surface area contributed by atoms with Crippen molar-refractivity contribution in [2.75, 3.05) is 36.9 Å². The molecule has 2 aromatic heterocycles. The van der Waals surface area contributed by atoms with E-state index in [2.05, 4.69) is 38.7 Å². The Bertz CT molecular complexity index is 1220. The van der Waals surface area contributed by atoms with E-state index in [0.717, 1.165) is 61.4 Å². The molecule has 3 saturated heterocycles. The van der Waals surface area contributed by atoms with Gasteiger partial charge in [0.1, 0.15) is 9.71 Å². The minimum absolute atomic E-state index is 0.0914. The number of fused-ring (bicyclic) bond motifs is 6. The summed E-state index contributed by atoms with van der Waals surface area (Å²) in [5, 5.41) is 7.60. The summed E-state index contributed by atoms with van der Waals surface area (Å²) in [5.74, 6) is -0.0914. The molecule has 2 unspecified atom stereocenters. The number of nitrogens with zero attached hydrogens (tertiary/aromatic N) is 2. The van der Waals surface area contributed by atoms with Crippen LogP contribution in [0, 0.1) is 6.92 Å². The Kier molecular flexibility index (Phi) is 5.24. The highest BCUT2D eigenvalue weighted by molar-refractivity contribution is 7.21. The van der Waals surface area contributed by atoms with E-state index in [0.29, 0.717) is 16.6 Å². The summed E-state index contributed by atoms with van der Waals surface area (Å²) in [6.45, 7) is 5.58. The van der Waals surface area contributed by atoms with Crippen LogP contribution in [-0.2, 0) is 17.6 Å². The Morgan fingerprint density at radius 3 is 3.09 bits per heavy atom. The van der Waals surface area contributed by atoms with Crippen LogP contribution in [0.3, 0.4) is 0 Å². The average Bonchev–Trinajstić information content (AvgIpc) is 2.98. The maximum Gasteiger partial charge on any atom is 0.263 e. The van der Waals surface area contributed by atoms with Crippen molar-refractivity contribution in [3.05, 3.63) is 52.0 Å². The number of aromatic nitrogens is 1. The molecule has 5 heterocycles. The number of nitrogen functional groups attached to an aromatic ring is 1. The number of pyridine rings is 1. The minimum atomic E-state index is -0.0914. The van der Waals surface area contributed by atoms with E-state index in [1.807, 2.05) is 19.1 Å². The quantitative estimate of drug-likeness (QED) is 0.553. The normalized spacial score (nSPS) is 24.5. The number of thiophene rings is 1. The van der Waals surface area contributed by atoms with E-state index in [9.17, 15) is 4.79 Å². The van der Waals surface area contributed by atoms with Crippen LogP contribution in [0.4, 0.5) is 11.4 Å². The van der Waals surface area contributed by atoms with Gasteiger partial charge in [-0.1, -0.05) is 6.07 Å². The average molecular weight is 464 g/mol. The van der Waals surface area contributed by atoms with E-state index in [1.54, 1.807) is 0 Å². The van der Waals surface area contributed by atoms with E-state index in [-0.39, 0.29) is 18.1 Å². The van der Waals surface area contributed by atoms with Crippen LogP contribution in [0.2, 0.25) is 0 Å². The lowest BCUT2D eigenvalue weighted by Gasteiger charge is -2.38. The number of benzene rings is 1. The van der Waals surface area contributed by atoms with Gasteiger partial charge in [0.2, 0.25) is 0 Å². The number of carbonyl (C=O) groups excluding carboxylic acids is 1. The van der Waals surface area contributed by atoms with Crippen LogP contribution in [0.5, 0.6) is 0 Å². The van der Waals surface area contributed by atoms with Crippen molar-refractivity contribution in [3.8, 4) is 0 Å². The topological polar surface area (TPSA) is 92.5 Å². The zero-order chi connectivity index (χ0) is 22.5. The summed E-state index contributed by atoms with van der Waals surface area (Å²) in [4.78, 5) is 21.4. The number of nitrogens with one attached hydrogen (secondary N) is 2. The number of carbonyl (C=O) groups is 1. The molecule has 1 aromatic carbocycles. The molecule has 172 valence electrons. The number of aryl methyl sites for hydroxylation is 2. The van der Waals surface area contributed by atoms with Crippen molar-refractivity contribution >= 4 is 38.8 Å². The Morgan fingerprint density at radius 1 is 1.27 bits per heavy atom. The number of hydrogen-bond donors (Lipinski definition) is 3. The second-order valence-electron chi connectivity index (χ2n) is 9.44. The van der Waals surface area contributed by atoms with Crippen molar-refractivity contribution in [2.24, 2.45) is 0 Å². The van der Waals surface area contributed by atoms with Crippen LogP contribution in [0.15, 0.2) is 30.3 Å². The van der Waals surface area contributed by atoms with Gasteiger partial charge in [-0.3, -0.25) is 4.79 Å². The molecular weight excluding hydrogens is 434 g/mol. The molecule has 3 atom stereocenters. The van der Waals surface area contributed by atoms with E-state index in [1.165, 1.54) is 28.2 Å². The van der Waals surface area contributed by atoms with Gasteiger partial charge in [0.25, 0.3) is 5.91 Å². The third kappa shape index (κ3) is 3.86. The van der Waals surface area contributed by atoms with Crippen molar-refractivity contribution in [1.29, 1.82) is 0 Å². The maximum atomic E-state index is 13.0. The first-order valence-electron chi connectivity index (χ1n) is 11.7. The summed E-state index contributed by atoms with van der Waals surface area (Å²) in [7, 11) is 0. The molecule has 1 aliphatic carbocycles. The molecule has 2 bridgehead atoms. The van der Waals surface area contributed by atoms with Gasteiger partial charge >= 0.3 is 0 Å². The van der Waals surface area contributed by atoms with Gasteiger partial charge in [0.05, 0.1) is 24.4 Å². The van der Waals surface area contributed by atoms with Crippen molar-refractivity contribution in [2.45, 2.75) is 44.4 Å². The van der Waals surface area contributed by atoms with E-state index in [4.69, 9.17) is 10.5 Å². The van der Waals surface area contributed by atoms with Gasteiger partial charge in [-0.15, -0.1) is 11.3 Å². The summed E-state index contributed by atoms with van der Waals surface area (Å²) < 4.78 is 5.93. The number of hydrogen-bond acceptors (Lipinski definition) is 7. The minimum Gasteiger partial charge on any atom is -0.397 e. The Morgan fingerprint density at radius 2 is 2.18 bits per heavy atom. The molecular formula is C25H29N5O2S. The fourth-order valence-corrected chi connectivity index (χ4v) is 6.37. The van der Waals surface area contributed by atoms with Crippen molar-refractivity contribution < 1.29 is 9.53 Å². The SMILES string of the molecule is Cc1ccc2c(N)c(C(=O)N[C@@H]3CCc4cc(N5CC6CNCC5CO6)ccc4C3)sc2n1. The molecule has 0 saturated carbocycles. The molecule has 3 aliphatic heterocycles. The first kappa shape index (κ1) is 20.9. The molecule has 33 heavy (non-hydrogen) atoms. The molecule has 3 fully saturated rings. The molecule has 0 radical (unpaired) electrons. The van der Waals surface area contributed by atoms with Crippen LogP contribution in [0.1, 0.15) is 32.9 Å². The number of nitrogens with two attached hydrogens (primary N) is 1. The Balaban J connectivity index is 1.17. The third-order valence-electron chi connectivity index (χ3n) is 7.14. The molecule has 4 N–H and O–H groups in total.